The summed E-state index contributed by atoms with van der Waals surface area (Å²) in [5.74, 6) is 0.533. The van der Waals surface area contributed by atoms with Gasteiger partial charge in [0.25, 0.3) is 0 Å². The maximum absolute atomic E-state index is 12.0. The van der Waals surface area contributed by atoms with Crippen molar-refractivity contribution in [1.29, 1.82) is 0 Å². The number of allylic oxidation sites excluding steroid dienone is 1. The van der Waals surface area contributed by atoms with Gasteiger partial charge in [-0.1, -0.05) is 90.8 Å². The van der Waals surface area contributed by atoms with Crippen LogP contribution in [0.1, 0.15) is 65.8 Å². The molecule has 3 aromatic rings. The van der Waals surface area contributed by atoms with Crippen molar-refractivity contribution in [2.75, 3.05) is 7.11 Å². The molecule has 4 rings (SSSR count). The van der Waals surface area contributed by atoms with Gasteiger partial charge in [0.1, 0.15) is 0 Å². The summed E-state index contributed by atoms with van der Waals surface area (Å²) in [6, 6.07) is 28.2. The molecule has 0 radical (unpaired) electrons. The van der Waals surface area contributed by atoms with E-state index in [1.807, 2.05) is 6.07 Å². The Morgan fingerprint density at radius 2 is 1.42 bits per heavy atom. The van der Waals surface area contributed by atoms with Gasteiger partial charge in [0.2, 0.25) is 0 Å². The Kier molecular flexibility index (Phi) is 6.66. The van der Waals surface area contributed by atoms with Gasteiger partial charge in [-0.3, -0.25) is 4.79 Å². The van der Waals surface area contributed by atoms with Crippen LogP contribution in [0.4, 0.5) is 0 Å². The molecule has 31 heavy (non-hydrogen) atoms. The van der Waals surface area contributed by atoms with Crippen molar-refractivity contribution in [2.45, 2.75) is 44.9 Å². The van der Waals surface area contributed by atoms with Crippen molar-refractivity contribution in [3.63, 3.8) is 0 Å². The van der Waals surface area contributed by atoms with Crippen molar-refractivity contribution in [3.05, 3.63) is 107 Å². The molecule has 0 unspecified atom stereocenters. The second-order valence-corrected chi connectivity index (χ2v) is 8.41. The van der Waals surface area contributed by atoms with Crippen molar-refractivity contribution in [1.82, 2.24) is 0 Å². The van der Waals surface area contributed by atoms with Crippen molar-refractivity contribution < 1.29 is 9.53 Å². The number of rotatable bonds is 7. The standard InChI is InChI=1S/C29H30O2/c1-21-11-13-25(14-12-21)29(26-17-15-23(16-18-26)22-9-6-10-22)27(19-20-28(30)31-2)24-7-4-3-5-8-24/h3-5,7-8,11-18,22H,6,9-10,19-20H2,1-2H3/b29-27-. The van der Waals surface area contributed by atoms with Gasteiger partial charge in [0.15, 0.2) is 0 Å². The topological polar surface area (TPSA) is 26.3 Å². The minimum atomic E-state index is -0.183. The third-order valence-electron chi connectivity index (χ3n) is 6.35. The quantitative estimate of drug-likeness (QED) is 0.305. The van der Waals surface area contributed by atoms with Crippen LogP contribution in [0.2, 0.25) is 0 Å². The molecule has 2 heteroatoms. The number of carbonyl (C=O) groups excluding carboxylic acids is 1. The van der Waals surface area contributed by atoms with Crippen LogP contribution in [0.25, 0.3) is 11.1 Å². The van der Waals surface area contributed by atoms with Crippen LogP contribution < -0.4 is 0 Å². The number of benzene rings is 3. The van der Waals surface area contributed by atoms with Gasteiger partial charge >= 0.3 is 5.97 Å². The number of ether oxygens (including phenoxy) is 1. The Morgan fingerprint density at radius 3 is 1.97 bits per heavy atom. The number of hydrogen-bond donors (Lipinski definition) is 0. The Labute approximate surface area is 185 Å². The average molecular weight is 411 g/mol. The fourth-order valence-corrected chi connectivity index (χ4v) is 4.28. The van der Waals surface area contributed by atoms with Crippen LogP contribution in [0.5, 0.6) is 0 Å². The van der Waals surface area contributed by atoms with Crippen LogP contribution in [0.15, 0.2) is 78.9 Å². The van der Waals surface area contributed by atoms with E-state index in [1.165, 1.54) is 59.8 Å². The summed E-state index contributed by atoms with van der Waals surface area (Å²) in [7, 11) is 1.45. The lowest BCUT2D eigenvalue weighted by Gasteiger charge is -2.26. The maximum Gasteiger partial charge on any atom is 0.305 e. The third-order valence-corrected chi connectivity index (χ3v) is 6.35. The van der Waals surface area contributed by atoms with Crippen molar-refractivity contribution in [2.24, 2.45) is 0 Å². The molecule has 1 saturated carbocycles. The number of esters is 1. The van der Waals surface area contributed by atoms with E-state index in [0.717, 1.165) is 5.56 Å². The first-order chi connectivity index (χ1) is 15.2. The summed E-state index contributed by atoms with van der Waals surface area (Å²) >= 11 is 0. The first-order valence-corrected chi connectivity index (χ1v) is 11.2. The molecule has 0 aromatic heterocycles. The zero-order valence-corrected chi connectivity index (χ0v) is 18.4. The molecule has 0 bridgehead atoms. The largest absolute Gasteiger partial charge is 0.469 e. The monoisotopic (exact) mass is 410 g/mol. The fraction of sp³-hybridized carbons (Fsp3) is 0.276. The second kappa shape index (κ2) is 9.78. The molecule has 1 fully saturated rings. The van der Waals surface area contributed by atoms with Gasteiger partial charge in [0, 0.05) is 6.42 Å². The van der Waals surface area contributed by atoms with E-state index < -0.39 is 0 Å². The first kappa shape index (κ1) is 21.1. The highest BCUT2D eigenvalue weighted by Gasteiger charge is 2.20. The van der Waals surface area contributed by atoms with E-state index in [1.54, 1.807) is 0 Å². The average Bonchev–Trinajstić information content (AvgIpc) is 2.77. The van der Waals surface area contributed by atoms with Crippen LogP contribution in [0.3, 0.4) is 0 Å². The Bertz CT molecular complexity index is 1040. The van der Waals surface area contributed by atoms with E-state index in [0.29, 0.717) is 18.8 Å². The summed E-state index contributed by atoms with van der Waals surface area (Å²) in [4.78, 5) is 12.0. The minimum absolute atomic E-state index is 0.183. The van der Waals surface area contributed by atoms with Crippen molar-refractivity contribution >= 4 is 17.1 Å². The molecular weight excluding hydrogens is 380 g/mol. The zero-order valence-electron chi connectivity index (χ0n) is 18.4. The molecule has 0 amide bonds. The fourth-order valence-electron chi connectivity index (χ4n) is 4.28. The Hall–Kier alpha value is -3.13. The molecule has 1 aliphatic carbocycles. The summed E-state index contributed by atoms with van der Waals surface area (Å²) in [5, 5.41) is 0. The normalized spacial score (nSPS) is 14.5. The molecule has 1 aliphatic rings. The molecule has 0 N–H and O–H groups in total. The van der Waals surface area contributed by atoms with E-state index in [-0.39, 0.29) is 5.97 Å². The summed E-state index contributed by atoms with van der Waals surface area (Å²) in [5.41, 5.74) is 8.54. The van der Waals surface area contributed by atoms with Gasteiger partial charge in [-0.15, -0.1) is 0 Å². The highest BCUT2D eigenvalue weighted by atomic mass is 16.5. The molecule has 0 atom stereocenters. The third kappa shape index (κ3) is 4.96. The van der Waals surface area contributed by atoms with Gasteiger partial charge < -0.3 is 4.74 Å². The highest BCUT2D eigenvalue weighted by Crippen LogP contribution is 2.39. The van der Waals surface area contributed by atoms with E-state index in [2.05, 4.69) is 79.7 Å². The molecule has 158 valence electrons. The lowest BCUT2D eigenvalue weighted by molar-refractivity contribution is -0.140. The maximum atomic E-state index is 12.0. The summed E-state index contributed by atoms with van der Waals surface area (Å²) < 4.78 is 4.94. The van der Waals surface area contributed by atoms with E-state index in [4.69, 9.17) is 4.74 Å². The molecule has 0 saturated heterocycles. The zero-order chi connectivity index (χ0) is 21.6. The number of carbonyl (C=O) groups is 1. The molecular formula is C29H30O2. The predicted molar refractivity (Wildman–Crippen MR) is 128 cm³/mol. The van der Waals surface area contributed by atoms with Gasteiger partial charge in [0.05, 0.1) is 7.11 Å². The molecule has 3 aromatic carbocycles. The Balaban J connectivity index is 1.85. The first-order valence-electron chi connectivity index (χ1n) is 11.2. The van der Waals surface area contributed by atoms with Crippen LogP contribution in [0, 0.1) is 6.92 Å². The number of hydrogen-bond acceptors (Lipinski definition) is 2. The highest BCUT2D eigenvalue weighted by molar-refractivity contribution is 5.99. The van der Waals surface area contributed by atoms with Crippen molar-refractivity contribution in [3.8, 4) is 0 Å². The molecule has 0 spiro atoms. The van der Waals surface area contributed by atoms with Gasteiger partial charge in [-0.05, 0) is 65.5 Å². The van der Waals surface area contributed by atoms with Gasteiger partial charge in [-0.25, -0.2) is 0 Å². The summed E-state index contributed by atoms with van der Waals surface area (Å²) in [6.45, 7) is 2.11. The molecule has 0 aliphatic heterocycles. The lowest BCUT2D eigenvalue weighted by atomic mass is 9.79. The second-order valence-electron chi connectivity index (χ2n) is 8.41. The van der Waals surface area contributed by atoms with Crippen LogP contribution in [-0.4, -0.2) is 13.1 Å². The number of methoxy groups -OCH3 is 1. The summed E-state index contributed by atoms with van der Waals surface area (Å²) in [6.07, 6.45) is 4.93. The predicted octanol–water partition coefficient (Wildman–Crippen LogP) is 7.17. The van der Waals surface area contributed by atoms with Crippen LogP contribution in [-0.2, 0) is 9.53 Å². The lowest BCUT2D eigenvalue weighted by Crippen LogP contribution is -2.08. The molecule has 2 nitrogen and oxygen atoms in total. The smallest absolute Gasteiger partial charge is 0.305 e. The van der Waals surface area contributed by atoms with Crippen LogP contribution >= 0.6 is 0 Å². The number of aryl methyl sites for hydroxylation is 1. The van der Waals surface area contributed by atoms with E-state index in [9.17, 15) is 4.79 Å². The minimum Gasteiger partial charge on any atom is -0.469 e. The SMILES string of the molecule is COC(=O)CC/C(=C(\c1ccc(C)cc1)c1ccc(C2CCC2)cc1)c1ccccc1. The molecule has 0 heterocycles. The van der Waals surface area contributed by atoms with Gasteiger partial charge in [-0.2, -0.15) is 0 Å². The van der Waals surface area contributed by atoms with E-state index >= 15 is 0 Å². The Morgan fingerprint density at radius 1 is 0.806 bits per heavy atom.